The molecule has 15 heavy (non-hydrogen) atoms. The summed E-state index contributed by atoms with van der Waals surface area (Å²) in [5, 5.41) is 8.83. The maximum Gasteiger partial charge on any atom is 0.405 e. The number of aliphatic hydroxyl groups excluding tert-OH is 1. The SMILES string of the molecule is CC(C)(C)OC(N)=O.OC1CCOCC1. The van der Waals surface area contributed by atoms with Crippen molar-refractivity contribution >= 4 is 6.09 Å². The molecule has 1 fully saturated rings. The fourth-order valence-corrected chi connectivity index (χ4v) is 0.987. The van der Waals surface area contributed by atoms with Crippen molar-refractivity contribution in [2.75, 3.05) is 13.2 Å². The number of amides is 1. The van der Waals surface area contributed by atoms with Gasteiger partial charge in [0.1, 0.15) is 5.60 Å². The molecule has 0 saturated carbocycles. The maximum atomic E-state index is 10.0. The molecule has 0 spiro atoms. The Labute approximate surface area is 90.5 Å². The minimum absolute atomic E-state index is 0.0891. The average Bonchev–Trinajstić information content (AvgIpc) is 2.01. The van der Waals surface area contributed by atoms with E-state index in [4.69, 9.17) is 15.6 Å². The van der Waals surface area contributed by atoms with Crippen LogP contribution in [0.3, 0.4) is 0 Å². The van der Waals surface area contributed by atoms with Crippen molar-refractivity contribution in [2.45, 2.75) is 45.3 Å². The fraction of sp³-hybridized carbons (Fsp3) is 0.900. The molecule has 1 rings (SSSR count). The summed E-state index contributed by atoms with van der Waals surface area (Å²) in [5.41, 5.74) is 4.26. The van der Waals surface area contributed by atoms with Crippen LogP contribution in [0.2, 0.25) is 0 Å². The lowest BCUT2D eigenvalue weighted by atomic mass is 10.2. The first-order chi connectivity index (χ1) is 6.81. The molecule has 3 N–H and O–H groups in total. The predicted octanol–water partition coefficient (Wildman–Crippen LogP) is 1.04. The Morgan fingerprint density at radius 3 is 2.00 bits per heavy atom. The Bertz CT molecular complexity index is 182. The Hall–Kier alpha value is -0.810. The van der Waals surface area contributed by atoms with Gasteiger partial charge in [-0.25, -0.2) is 4.79 Å². The first kappa shape index (κ1) is 14.2. The number of hydrogen-bond donors (Lipinski definition) is 2. The van der Waals surface area contributed by atoms with Crippen LogP contribution in [-0.4, -0.2) is 36.1 Å². The van der Waals surface area contributed by atoms with Crippen LogP contribution in [-0.2, 0) is 9.47 Å². The quantitative estimate of drug-likeness (QED) is 0.637. The van der Waals surface area contributed by atoms with Crippen molar-refractivity contribution < 1.29 is 19.4 Å². The molecule has 1 amide bonds. The number of aliphatic hydroxyl groups is 1. The van der Waals surface area contributed by atoms with E-state index in [-0.39, 0.29) is 6.10 Å². The van der Waals surface area contributed by atoms with Crippen LogP contribution in [0.4, 0.5) is 4.79 Å². The lowest BCUT2D eigenvalue weighted by Crippen LogP contribution is -2.27. The molecule has 0 aromatic heterocycles. The molecule has 0 atom stereocenters. The van der Waals surface area contributed by atoms with Gasteiger partial charge in [0.25, 0.3) is 0 Å². The summed E-state index contributed by atoms with van der Waals surface area (Å²) in [7, 11) is 0. The van der Waals surface area contributed by atoms with Crippen molar-refractivity contribution in [1.29, 1.82) is 0 Å². The van der Waals surface area contributed by atoms with Crippen LogP contribution >= 0.6 is 0 Å². The summed E-state index contributed by atoms with van der Waals surface area (Å²) in [6.07, 6.45) is 0.825. The minimum Gasteiger partial charge on any atom is -0.444 e. The standard InChI is InChI=1S/C5H11NO2.C5H10O2/c1-5(2,3)8-4(6)7;6-5-1-3-7-4-2-5/h1-3H3,(H2,6,7);5-6H,1-4H2. The highest BCUT2D eigenvalue weighted by Crippen LogP contribution is 2.05. The number of carbonyl (C=O) groups excluding carboxylic acids is 1. The van der Waals surface area contributed by atoms with Crippen LogP contribution < -0.4 is 5.73 Å². The highest BCUT2D eigenvalue weighted by atomic mass is 16.6. The zero-order valence-corrected chi connectivity index (χ0v) is 9.66. The van der Waals surface area contributed by atoms with Gasteiger partial charge in [-0.05, 0) is 33.6 Å². The summed E-state index contributed by atoms with van der Waals surface area (Å²) < 4.78 is 9.56. The van der Waals surface area contributed by atoms with Crippen LogP contribution in [0.1, 0.15) is 33.6 Å². The van der Waals surface area contributed by atoms with Gasteiger partial charge in [-0.3, -0.25) is 0 Å². The second kappa shape index (κ2) is 6.63. The van der Waals surface area contributed by atoms with Crippen LogP contribution in [0.25, 0.3) is 0 Å². The molecule has 1 aliphatic heterocycles. The third-order valence-corrected chi connectivity index (χ3v) is 1.60. The molecule has 0 unspecified atom stereocenters. The van der Waals surface area contributed by atoms with E-state index in [9.17, 15) is 4.79 Å². The molecule has 5 heteroatoms. The summed E-state index contributed by atoms with van der Waals surface area (Å²) in [4.78, 5) is 10.0. The van der Waals surface area contributed by atoms with Gasteiger partial charge < -0.3 is 20.3 Å². The monoisotopic (exact) mass is 219 g/mol. The molecule has 1 heterocycles. The van der Waals surface area contributed by atoms with Gasteiger partial charge in [-0.15, -0.1) is 0 Å². The minimum atomic E-state index is -0.725. The van der Waals surface area contributed by atoms with Crippen molar-refractivity contribution in [3.8, 4) is 0 Å². The van der Waals surface area contributed by atoms with Gasteiger partial charge in [0.15, 0.2) is 0 Å². The van der Waals surface area contributed by atoms with E-state index in [1.54, 1.807) is 20.8 Å². The molecule has 1 saturated heterocycles. The van der Waals surface area contributed by atoms with E-state index in [1.165, 1.54) is 0 Å². The third kappa shape index (κ3) is 11.1. The Morgan fingerprint density at radius 2 is 1.87 bits per heavy atom. The second-order valence-electron chi connectivity index (χ2n) is 4.38. The number of primary amides is 1. The normalized spacial score (nSPS) is 17.6. The van der Waals surface area contributed by atoms with E-state index < -0.39 is 11.7 Å². The van der Waals surface area contributed by atoms with Crippen molar-refractivity contribution in [3.63, 3.8) is 0 Å². The molecule has 5 nitrogen and oxygen atoms in total. The molecule has 0 bridgehead atoms. The van der Waals surface area contributed by atoms with Gasteiger partial charge in [0.2, 0.25) is 0 Å². The van der Waals surface area contributed by atoms with E-state index in [0.29, 0.717) is 0 Å². The number of hydrogen-bond acceptors (Lipinski definition) is 4. The van der Waals surface area contributed by atoms with Crippen molar-refractivity contribution in [1.82, 2.24) is 0 Å². The highest BCUT2D eigenvalue weighted by Gasteiger charge is 2.12. The number of rotatable bonds is 0. The van der Waals surface area contributed by atoms with E-state index in [2.05, 4.69) is 4.74 Å². The number of nitrogens with two attached hydrogens (primary N) is 1. The van der Waals surface area contributed by atoms with E-state index in [1.807, 2.05) is 0 Å². The van der Waals surface area contributed by atoms with Crippen LogP contribution in [0, 0.1) is 0 Å². The topological polar surface area (TPSA) is 81.8 Å². The fourth-order valence-electron chi connectivity index (χ4n) is 0.987. The second-order valence-corrected chi connectivity index (χ2v) is 4.38. The van der Waals surface area contributed by atoms with Gasteiger partial charge >= 0.3 is 6.09 Å². The Morgan fingerprint density at radius 1 is 1.40 bits per heavy atom. The van der Waals surface area contributed by atoms with Crippen molar-refractivity contribution in [2.24, 2.45) is 5.73 Å². The average molecular weight is 219 g/mol. The highest BCUT2D eigenvalue weighted by molar-refractivity contribution is 5.65. The molecule has 90 valence electrons. The molecule has 0 radical (unpaired) electrons. The molecular formula is C10H21NO4. The van der Waals surface area contributed by atoms with E-state index >= 15 is 0 Å². The van der Waals surface area contributed by atoms with Crippen molar-refractivity contribution in [3.05, 3.63) is 0 Å². The van der Waals surface area contributed by atoms with Gasteiger partial charge in [0, 0.05) is 13.2 Å². The molecule has 0 aromatic carbocycles. The Balaban J connectivity index is 0.000000262. The number of ether oxygens (including phenoxy) is 2. The maximum absolute atomic E-state index is 10.0. The van der Waals surface area contributed by atoms with Crippen LogP contribution in [0.15, 0.2) is 0 Å². The summed E-state index contributed by atoms with van der Waals surface area (Å²) in [6, 6.07) is 0. The van der Waals surface area contributed by atoms with E-state index in [0.717, 1.165) is 26.1 Å². The first-order valence-corrected chi connectivity index (χ1v) is 5.05. The first-order valence-electron chi connectivity index (χ1n) is 5.05. The molecule has 0 aliphatic carbocycles. The zero-order valence-electron chi connectivity index (χ0n) is 9.66. The summed E-state index contributed by atoms with van der Waals surface area (Å²) >= 11 is 0. The zero-order chi connectivity index (χ0) is 11.9. The van der Waals surface area contributed by atoms with Gasteiger partial charge in [0.05, 0.1) is 6.10 Å². The largest absolute Gasteiger partial charge is 0.444 e. The lowest BCUT2D eigenvalue weighted by Gasteiger charge is -2.16. The number of carbonyl (C=O) groups is 1. The summed E-state index contributed by atoms with van der Waals surface area (Å²) in [6.45, 7) is 6.76. The van der Waals surface area contributed by atoms with Crippen LogP contribution in [0.5, 0.6) is 0 Å². The molecular weight excluding hydrogens is 198 g/mol. The lowest BCUT2D eigenvalue weighted by molar-refractivity contribution is 0.0140. The van der Waals surface area contributed by atoms with Gasteiger partial charge in [-0.1, -0.05) is 0 Å². The molecule has 0 aromatic rings. The smallest absolute Gasteiger partial charge is 0.405 e. The Kier molecular flexibility index (Phi) is 6.27. The van der Waals surface area contributed by atoms with Gasteiger partial charge in [-0.2, -0.15) is 0 Å². The third-order valence-electron chi connectivity index (χ3n) is 1.60. The molecule has 1 aliphatic rings. The predicted molar refractivity (Wildman–Crippen MR) is 56.5 cm³/mol. The summed E-state index contributed by atoms with van der Waals surface area (Å²) in [5.74, 6) is 0.